The van der Waals surface area contributed by atoms with Crippen LogP contribution < -0.4 is 4.90 Å². The van der Waals surface area contributed by atoms with E-state index in [0.717, 1.165) is 36.5 Å². The molecule has 1 aromatic rings. The van der Waals surface area contributed by atoms with Crippen molar-refractivity contribution in [1.82, 2.24) is 0 Å². The van der Waals surface area contributed by atoms with E-state index >= 15 is 0 Å². The van der Waals surface area contributed by atoms with Crippen LogP contribution in [0.2, 0.25) is 0 Å². The van der Waals surface area contributed by atoms with E-state index in [1.165, 1.54) is 0 Å². The number of carbonyl (C=O) groups is 1. The van der Waals surface area contributed by atoms with Gasteiger partial charge in [0.15, 0.2) is 0 Å². The minimum Gasteiger partial charge on any atom is -0.462 e. The van der Waals surface area contributed by atoms with E-state index in [1.807, 2.05) is 12.1 Å². The molecule has 0 atom stereocenters. The van der Waals surface area contributed by atoms with Crippen molar-refractivity contribution in [2.75, 3.05) is 37.8 Å². The molecule has 0 unspecified atom stereocenters. The van der Waals surface area contributed by atoms with Gasteiger partial charge >= 0.3 is 5.97 Å². The molecule has 0 amide bonds. The standard InChI is InChI=1S/C13H16BrNO3/c1-2-18-13(16)10-7-11(14)9-12(8-10)15-3-5-17-6-4-15/h7-9H,2-6H2,1H3. The summed E-state index contributed by atoms with van der Waals surface area (Å²) in [7, 11) is 0. The average molecular weight is 314 g/mol. The maximum atomic E-state index is 11.7. The molecule has 1 aliphatic heterocycles. The van der Waals surface area contributed by atoms with Gasteiger partial charge in [0.2, 0.25) is 0 Å². The van der Waals surface area contributed by atoms with E-state index < -0.39 is 0 Å². The van der Waals surface area contributed by atoms with E-state index in [4.69, 9.17) is 9.47 Å². The Morgan fingerprint density at radius 3 is 2.78 bits per heavy atom. The van der Waals surface area contributed by atoms with Gasteiger partial charge in [0, 0.05) is 23.2 Å². The van der Waals surface area contributed by atoms with Crippen molar-refractivity contribution in [3.8, 4) is 0 Å². The van der Waals surface area contributed by atoms with Gasteiger partial charge in [-0.25, -0.2) is 4.79 Å². The second-order valence-corrected chi connectivity index (χ2v) is 4.93. The van der Waals surface area contributed by atoms with Gasteiger partial charge in [0.05, 0.1) is 25.4 Å². The maximum Gasteiger partial charge on any atom is 0.338 e. The fourth-order valence-corrected chi connectivity index (χ4v) is 2.39. The van der Waals surface area contributed by atoms with Crippen molar-refractivity contribution in [1.29, 1.82) is 0 Å². The summed E-state index contributed by atoms with van der Waals surface area (Å²) in [5.41, 5.74) is 1.60. The second kappa shape index (κ2) is 6.20. The summed E-state index contributed by atoms with van der Waals surface area (Å²) >= 11 is 3.43. The first-order valence-electron chi connectivity index (χ1n) is 6.01. The largest absolute Gasteiger partial charge is 0.462 e. The van der Waals surface area contributed by atoms with Crippen molar-refractivity contribution < 1.29 is 14.3 Å². The van der Waals surface area contributed by atoms with Crippen LogP contribution in [0.25, 0.3) is 0 Å². The zero-order chi connectivity index (χ0) is 13.0. The molecule has 1 fully saturated rings. The molecule has 5 heteroatoms. The van der Waals surface area contributed by atoms with E-state index in [2.05, 4.69) is 20.8 Å². The van der Waals surface area contributed by atoms with Crippen LogP contribution in [0.1, 0.15) is 17.3 Å². The van der Waals surface area contributed by atoms with Crippen LogP contribution in [0, 0.1) is 0 Å². The van der Waals surface area contributed by atoms with Crippen molar-refractivity contribution in [2.45, 2.75) is 6.92 Å². The summed E-state index contributed by atoms with van der Waals surface area (Å²) in [4.78, 5) is 14.0. The van der Waals surface area contributed by atoms with Crippen LogP contribution in [0.15, 0.2) is 22.7 Å². The number of hydrogen-bond acceptors (Lipinski definition) is 4. The fraction of sp³-hybridized carbons (Fsp3) is 0.462. The lowest BCUT2D eigenvalue weighted by molar-refractivity contribution is 0.0526. The second-order valence-electron chi connectivity index (χ2n) is 4.02. The SMILES string of the molecule is CCOC(=O)c1cc(Br)cc(N2CCOCC2)c1. The molecule has 0 saturated carbocycles. The Balaban J connectivity index is 2.22. The normalized spacial score (nSPS) is 15.6. The predicted molar refractivity (Wildman–Crippen MR) is 73.1 cm³/mol. The molecule has 0 spiro atoms. The first-order valence-corrected chi connectivity index (χ1v) is 6.80. The molecule has 0 bridgehead atoms. The lowest BCUT2D eigenvalue weighted by atomic mass is 10.2. The number of anilines is 1. The number of nitrogens with zero attached hydrogens (tertiary/aromatic N) is 1. The first kappa shape index (κ1) is 13.4. The Bertz CT molecular complexity index is 430. The molecular formula is C13H16BrNO3. The van der Waals surface area contributed by atoms with Gasteiger partial charge in [0.1, 0.15) is 0 Å². The van der Waals surface area contributed by atoms with Gasteiger partial charge in [-0.1, -0.05) is 15.9 Å². The van der Waals surface area contributed by atoms with Crippen LogP contribution in [-0.4, -0.2) is 38.9 Å². The predicted octanol–water partition coefficient (Wildman–Crippen LogP) is 2.46. The molecule has 1 heterocycles. The number of esters is 1. The molecule has 2 rings (SSSR count). The summed E-state index contributed by atoms with van der Waals surface area (Å²) in [6.45, 7) is 5.33. The van der Waals surface area contributed by atoms with Crippen molar-refractivity contribution in [3.05, 3.63) is 28.2 Å². The highest BCUT2D eigenvalue weighted by Crippen LogP contribution is 2.24. The minimum absolute atomic E-state index is 0.284. The number of ether oxygens (including phenoxy) is 2. The highest BCUT2D eigenvalue weighted by Gasteiger charge is 2.15. The molecule has 0 aromatic heterocycles. The topological polar surface area (TPSA) is 38.8 Å². The van der Waals surface area contributed by atoms with Gasteiger partial charge in [-0.2, -0.15) is 0 Å². The minimum atomic E-state index is -0.284. The summed E-state index contributed by atoms with van der Waals surface area (Å²) in [5.74, 6) is -0.284. The lowest BCUT2D eigenvalue weighted by Crippen LogP contribution is -2.36. The Kier molecular flexibility index (Phi) is 4.60. The molecule has 1 aromatic carbocycles. The average Bonchev–Trinajstić information content (AvgIpc) is 2.39. The zero-order valence-corrected chi connectivity index (χ0v) is 11.9. The summed E-state index contributed by atoms with van der Waals surface area (Å²) < 4.78 is 11.2. The molecule has 0 radical (unpaired) electrons. The van der Waals surface area contributed by atoms with Gasteiger partial charge in [-0.15, -0.1) is 0 Å². The maximum absolute atomic E-state index is 11.7. The highest BCUT2D eigenvalue weighted by molar-refractivity contribution is 9.10. The monoisotopic (exact) mass is 313 g/mol. The Hall–Kier alpha value is -1.07. The number of morpholine rings is 1. The summed E-state index contributed by atoms with van der Waals surface area (Å²) in [6.07, 6.45) is 0. The smallest absolute Gasteiger partial charge is 0.338 e. The molecular weight excluding hydrogens is 298 g/mol. The molecule has 0 aliphatic carbocycles. The van der Waals surface area contributed by atoms with E-state index in [9.17, 15) is 4.79 Å². The molecule has 1 aliphatic rings. The van der Waals surface area contributed by atoms with Crippen LogP contribution in [0.4, 0.5) is 5.69 Å². The fourth-order valence-electron chi connectivity index (χ4n) is 1.91. The molecule has 18 heavy (non-hydrogen) atoms. The van der Waals surface area contributed by atoms with Gasteiger partial charge in [-0.3, -0.25) is 0 Å². The van der Waals surface area contributed by atoms with Gasteiger partial charge in [0.25, 0.3) is 0 Å². The third-order valence-corrected chi connectivity index (χ3v) is 3.23. The Labute approximate surface area is 115 Å². The first-order chi connectivity index (χ1) is 8.70. The van der Waals surface area contributed by atoms with Crippen molar-refractivity contribution in [2.24, 2.45) is 0 Å². The Morgan fingerprint density at radius 1 is 1.39 bits per heavy atom. The number of rotatable bonds is 3. The van der Waals surface area contributed by atoms with Crippen LogP contribution in [0.3, 0.4) is 0 Å². The lowest BCUT2D eigenvalue weighted by Gasteiger charge is -2.29. The number of carbonyl (C=O) groups excluding carboxylic acids is 1. The van der Waals surface area contributed by atoms with Crippen LogP contribution >= 0.6 is 15.9 Å². The third-order valence-electron chi connectivity index (χ3n) is 2.77. The number of halogens is 1. The molecule has 1 saturated heterocycles. The third kappa shape index (κ3) is 3.23. The van der Waals surface area contributed by atoms with E-state index in [-0.39, 0.29) is 5.97 Å². The quantitative estimate of drug-likeness (QED) is 0.804. The van der Waals surface area contributed by atoms with E-state index in [0.29, 0.717) is 12.2 Å². The van der Waals surface area contributed by atoms with Crippen LogP contribution in [0.5, 0.6) is 0 Å². The van der Waals surface area contributed by atoms with Gasteiger partial charge in [-0.05, 0) is 25.1 Å². The summed E-state index contributed by atoms with van der Waals surface area (Å²) in [6, 6.07) is 5.66. The van der Waals surface area contributed by atoms with E-state index in [1.54, 1.807) is 13.0 Å². The van der Waals surface area contributed by atoms with Crippen molar-refractivity contribution in [3.63, 3.8) is 0 Å². The number of benzene rings is 1. The summed E-state index contributed by atoms with van der Waals surface area (Å²) in [5, 5.41) is 0. The van der Waals surface area contributed by atoms with Gasteiger partial charge < -0.3 is 14.4 Å². The zero-order valence-electron chi connectivity index (χ0n) is 10.3. The highest BCUT2D eigenvalue weighted by atomic mass is 79.9. The molecule has 4 nitrogen and oxygen atoms in total. The molecule has 0 N–H and O–H groups in total. The number of hydrogen-bond donors (Lipinski definition) is 0. The van der Waals surface area contributed by atoms with Crippen molar-refractivity contribution >= 4 is 27.6 Å². The Morgan fingerprint density at radius 2 is 2.11 bits per heavy atom. The van der Waals surface area contributed by atoms with Crippen LogP contribution in [-0.2, 0) is 9.47 Å². The molecule has 98 valence electrons.